The lowest BCUT2D eigenvalue weighted by Crippen LogP contribution is -2.50. The van der Waals surface area contributed by atoms with Crippen LogP contribution in [0, 0.1) is 0 Å². The standard InChI is InChI=1S/C11H22N2O2/c1-11(13,10(12)14)7-8-15-9-5-3-2-4-6-9/h9H,2-8,13H2,1H3,(H2,12,14). The first-order chi connectivity index (χ1) is 7.02. The monoisotopic (exact) mass is 214 g/mol. The van der Waals surface area contributed by atoms with Gasteiger partial charge in [-0.15, -0.1) is 0 Å². The Labute approximate surface area is 91.3 Å². The van der Waals surface area contributed by atoms with E-state index in [-0.39, 0.29) is 0 Å². The third-order valence-corrected chi connectivity index (χ3v) is 3.09. The Bertz CT molecular complexity index is 211. The second-order valence-corrected chi connectivity index (χ2v) is 4.66. The predicted octanol–water partition coefficient (Wildman–Crippen LogP) is 0.929. The molecule has 0 aromatic carbocycles. The van der Waals surface area contributed by atoms with Crippen LogP contribution in [0.1, 0.15) is 45.4 Å². The van der Waals surface area contributed by atoms with Crippen molar-refractivity contribution in [2.75, 3.05) is 6.61 Å². The van der Waals surface area contributed by atoms with Crippen LogP contribution in [0.5, 0.6) is 0 Å². The molecule has 4 N–H and O–H groups in total. The van der Waals surface area contributed by atoms with E-state index >= 15 is 0 Å². The molecule has 1 amide bonds. The van der Waals surface area contributed by atoms with Crippen molar-refractivity contribution in [2.45, 2.75) is 57.1 Å². The molecule has 0 aromatic heterocycles. The molecule has 4 nitrogen and oxygen atoms in total. The molecule has 0 radical (unpaired) electrons. The van der Waals surface area contributed by atoms with Crippen molar-refractivity contribution in [3.8, 4) is 0 Å². The maximum atomic E-state index is 10.9. The minimum atomic E-state index is -0.936. The van der Waals surface area contributed by atoms with Crippen molar-refractivity contribution in [3.63, 3.8) is 0 Å². The lowest BCUT2D eigenvalue weighted by molar-refractivity contribution is -0.123. The molecule has 1 atom stereocenters. The Kier molecular flexibility index (Phi) is 4.54. The quantitative estimate of drug-likeness (QED) is 0.714. The number of rotatable bonds is 5. The topological polar surface area (TPSA) is 78.3 Å². The van der Waals surface area contributed by atoms with E-state index in [0.29, 0.717) is 19.1 Å². The number of carbonyl (C=O) groups excluding carboxylic acids is 1. The molecular formula is C11H22N2O2. The minimum Gasteiger partial charge on any atom is -0.378 e. The molecule has 4 heteroatoms. The number of ether oxygens (including phenoxy) is 1. The van der Waals surface area contributed by atoms with E-state index in [1.807, 2.05) is 0 Å². The first-order valence-corrected chi connectivity index (χ1v) is 5.73. The van der Waals surface area contributed by atoms with Gasteiger partial charge in [0.1, 0.15) is 0 Å². The highest BCUT2D eigenvalue weighted by molar-refractivity contribution is 5.83. The van der Waals surface area contributed by atoms with Gasteiger partial charge in [0, 0.05) is 6.61 Å². The van der Waals surface area contributed by atoms with Crippen LogP contribution in [-0.2, 0) is 9.53 Å². The third-order valence-electron chi connectivity index (χ3n) is 3.09. The van der Waals surface area contributed by atoms with Crippen LogP contribution >= 0.6 is 0 Å². The van der Waals surface area contributed by atoms with Crippen LogP contribution in [0.2, 0.25) is 0 Å². The van der Waals surface area contributed by atoms with Gasteiger partial charge in [0.2, 0.25) is 5.91 Å². The molecule has 0 heterocycles. The Morgan fingerprint density at radius 2 is 2.00 bits per heavy atom. The molecule has 0 aromatic rings. The molecule has 1 unspecified atom stereocenters. The molecule has 0 spiro atoms. The van der Waals surface area contributed by atoms with Gasteiger partial charge in [0.15, 0.2) is 0 Å². The number of amides is 1. The predicted molar refractivity (Wildman–Crippen MR) is 59.2 cm³/mol. The molecule has 1 fully saturated rings. The summed E-state index contributed by atoms with van der Waals surface area (Å²) >= 11 is 0. The highest BCUT2D eigenvalue weighted by Crippen LogP contribution is 2.20. The molecule has 0 bridgehead atoms. The maximum absolute atomic E-state index is 10.9. The van der Waals surface area contributed by atoms with Gasteiger partial charge >= 0.3 is 0 Å². The van der Waals surface area contributed by atoms with Gasteiger partial charge in [0.05, 0.1) is 11.6 Å². The van der Waals surface area contributed by atoms with Gasteiger partial charge < -0.3 is 16.2 Å². The average molecular weight is 214 g/mol. The van der Waals surface area contributed by atoms with Crippen LogP contribution in [0.25, 0.3) is 0 Å². The normalized spacial score (nSPS) is 22.3. The number of hydrogen-bond acceptors (Lipinski definition) is 3. The van der Waals surface area contributed by atoms with Crippen molar-refractivity contribution >= 4 is 5.91 Å². The smallest absolute Gasteiger partial charge is 0.237 e. The maximum Gasteiger partial charge on any atom is 0.237 e. The zero-order valence-corrected chi connectivity index (χ0v) is 9.50. The molecule has 0 aliphatic heterocycles. The van der Waals surface area contributed by atoms with Gasteiger partial charge in [-0.05, 0) is 26.2 Å². The summed E-state index contributed by atoms with van der Waals surface area (Å²) in [4.78, 5) is 10.9. The zero-order valence-electron chi connectivity index (χ0n) is 9.50. The van der Waals surface area contributed by atoms with Crippen molar-refractivity contribution < 1.29 is 9.53 Å². The first-order valence-electron chi connectivity index (χ1n) is 5.73. The van der Waals surface area contributed by atoms with E-state index in [4.69, 9.17) is 16.2 Å². The fourth-order valence-corrected chi connectivity index (χ4v) is 1.79. The van der Waals surface area contributed by atoms with Crippen molar-refractivity contribution in [1.82, 2.24) is 0 Å². The van der Waals surface area contributed by atoms with Gasteiger partial charge in [-0.3, -0.25) is 4.79 Å². The second kappa shape index (κ2) is 5.47. The minimum absolute atomic E-state index is 0.363. The largest absolute Gasteiger partial charge is 0.378 e. The summed E-state index contributed by atoms with van der Waals surface area (Å²) in [5.41, 5.74) is 9.95. The number of nitrogens with two attached hydrogens (primary N) is 2. The Hall–Kier alpha value is -0.610. The van der Waals surface area contributed by atoms with E-state index in [0.717, 1.165) is 12.8 Å². The molecule has 1 saturated carbocycles. The van der Waals surface area contributed by atoms with Crippen molar-refractivity contribution in [2.24, 2.45) is 11.5 Å². The van der Waals surface area contributed by atoms with Crippen LogP contribution in [0.15, 0.2) is 0 Å². The third kappa shape index (κ3) is 4.18. The molecule has 1 aliphatic rings. The second-order valence-electron chi connectivity index (χ2n) is 4.66. The lowest BCUT2D eigenvalue weighted by Gasteiger charge is -2.25. The summed E-state index contributed by atoms with van der Waals surface area (Å²) in [5, 5.41) is 0. The van der Waals surface area contributed by atoms with E-state index in [2.05, 4.69) is 0 Å². The fourth-order valence-electron chi connectivity index (χ4n) is 1.79. The van der Waals surface area contributed by atoms with Crippen molar-refractivity contribution in [3.05, 3.63) is 0 Å². The van der Waals surface area contributed by atoms with E-state index in [1.165, 1.54) is 19.3 Å². The summed E-state index contributed by atoms with van der Waals surface area (Å²) in [7, 11) is 0. The van der Waals surface area contributed by atoms with Crippen LogP contribution < -0.4 is 11.5 Å². The summed E-state index contributed by atoms with van der Waals surface area (Å²) in [6.45, 7) is 2.18. The van der Waals surface area contributed by atoms with Crippen LogP contribution in [0.3, 0.4) is 0 Å². The number of primary amides is 1. The van der Waals surface area contributed by atoms with Gasteiger partial charge in [-0.25, -0.2) is 0 Å². The summed E-state index contributed by atoms with van der Waals surface area (Å²) < 4.78 is 5.68. The van der Waals surface area contributed by atoms with Crippen LogP contribution in [0.4, 0.5) is 0 Å². The van der Waals surface area contributed by atoms with Crippen LogP contribution in [-0.4, -0.2) is 24.2 Å². The first kappa shape index (κ1) is 12.5. The van der Waals surface area contributed by atoms with Gasteiger partial charge in [0.25, 0.3) is 0 Å². The van der Waals surface area contributed by atoms with Gasteiger partial charge in [-0.2, -0.15) is 0 Å². The van der Waals surface area contributed by atoms with E-state index in [1.54, 1.807) is 6.92 Å². The lowest BCUT2D eigenvalue weighted by atomic mass is 9.97. The van der Waals surface area contributed by atoms with E-state index in [9.17, 15) is 4.79 Å². The summed E-state index contributed by atoms with van der Waals surface area (Å²) in [6.07, 6.45) is 6.95. The summed E-state index contributed by atoms with van der Waals surface area (Å²) in [5.74, 6) is -0.463. The van der Waals surface area contributed by atoms with E-state index < -0.39 is 11.4 Å². The highest BCUT2D eigenvalue weighted by atomic mass is 16.5. The molecule has 88 valence electrons. The summed E-state index contributed by atoms with van der Waals surface area (Å²) in [6, 6.07) is 0. The van der Waals surface area contributed by atoms with Gasteiger partial charge in [-0.1, -0.05) is 19.3 Å². The Morgan fingerprint density at radius 3 is 2.53 bits per heavy atom. The average Bonchev–Trinajstić information content (AvgIpc) is 2.19. The molecule has 15 heavy (non-hydrogen) atoms. The molecular weight excluding hydrogens is 192 g/mol. The molecule has 0 saturated heterocycles. The van der Waals surface area contributed by atoms with Crippen molar-refractivity contribution in [1.29, 1.82) is 0 Å². The highest BCUT2D eigenvalue weighted by Gasteiger charge is 2.25. The molecule has 1 aliphatic carbocycles. The number of carbonyl (C=O) groups is 1. The fraction of sp³-hybridized carbons (Fsp3) is 0.909. The SMILES string of the molecule is CC(N)(CCOC1CCCCC1)C(N)=O. The zero-order chi connectivity index (χ0) is 11.3. The Morgan fingerprint density at radius 1 is 1.40 bits per heavy atom. The Balaban J connectivity index is 2.17. The molecule has 1 rings (SSSR count). The number of hydrogen-bond donors (Lipinski definition) is 2.